The van der Waals surface area contributed by atoms with Crippen molar-refractivity contribution in [3.05, 3.63) is 40.4 Å². The Kier molecular flexibility index (Phi) is 5.97. The van der Waals surface area contributed by atoms with Gasteiger partial charge in [-0.1, -0.05) is 36.6 Å². The number of ether oxygens (including phenoxy) is 1. The van der Waals surface area contributed by atoms with E-state index in [0.29, 0.717) is 22.0 Å². The van der Waals surface area contributed by atoms with Crippen LogP contribution in [0.15, 0.2) is 29.6 Å². The summed E-state index contributed by atoms with van der Waals surface area (Å²) in [7, 11) is 0. The lowest BCUT2D eigenvalue weighted by Crippen LogP contribution is -2.50. The summed E-state index contributed by atoms with van der Waals surface area (Å²) < 4.78 is 5.28. The number of piperidine rings is 1. The highest BCUT2D eigenvalue weighted by atomic mass is 35.5. The Morgan fingerprint density at radius 3 is 2.89 bits per heavy atom. The second kappa shape index (κ2) is 8.62. The van der Waals surface area contributed by atoms with Crippen molar-refractivity contribution in [2.45, 2.75) is 44.6 Å². The second-order valence-corrected chi connectivity index (χ2v) is 8.76. The van der Waals surface area contributed by atoms with Gasteiger partial charge in [0.25, 0.3) is 5.91 Å². The lowest BCUT2D eigenvalue weighted by Gasteiger charge is -2.44. The molecule has 2 fully saturated rings. The fourth-order valence-electron chi connectivity index (χ4n) is 4.34. The third kappa shape index (κ3) is 4.23. The van der Waals surface area contributed by atoms with E-state index in [-0.39, 0.29) is 18.2 Å². The minimum Gasteiger partial charge on any atom is -0.451 e. The molecule has 2 heterocycles. The Morgan fingerprint density at radius 2 is 2.04 bits per heavy atom. The quantitative estimate of drug-likeness (QED) is 0.669. The lowest BCUT2D eigenvalue weighted by molar-refractivity contribution is -0.140. The number of hydrogen-bond donors (Lipinski definition) is 0. The van der Waals surface area contributed by atoms with E-state index in [1.807, 2.05) is 17.0 Å². The molecule has 1 aliphatic heterocycles. The number of fused-ring (bicyclic) bond motifs is 1. The number of hydrogen-bond acceptors (Lipinski definition) is 5. The molecule has 28 heavy (non-hydrogen) atoms. The van der Waals surface area contributed by atoms with Crippen molar-refractivity contribution >= 4 is 34.8 Å². The van der Waals surface area contributed by atoms with Gasteiger partial charge in [-0.25, -0.2) is 9.78 Å². The number of likely N-dealkylation sites (tertiary alicyclic amines) is 1. The smallest absolute Gasteiger partial charge is 0.358 e. The number of carbonyl (C=O) groups is 2. The first kappa shape index (κ1) is 19.4. The van der Waals surface area contributed by atoms with E-state index < -0.39 is 5.97 Å². The molecule has 1 saturated carbocycles. The highest BCUT2D eigenvalue weighted by molar-refractivity contribution is 7.13. The molecule has 2 aliphatic rings. The summed E-state index contributed by atoms with van der Waals surface area (Å²) in [6.07, 6.45) is 6.96. The predicted octanol–water partition coefficient (Wildman–Crippen LogP) is 4.80. The zero-order valence-corrected chi connectivity index (χ0v) is 17.2. The molecule has 0 spiro atoms. The first-order valence-electron chi connectivity index (χ1n) is 9.80. The van der Waals surface area contributed by atoms with Gasteiger partial charge in [0, 0.05) is 28.6 Å². The number of rotatable bonds is 4. The number of thiazole rings is 1. The predicted molar refractivity (Wildman–Crippen MR) is 110 cm³/mol. The number of nitrogens with zero attached hydrogens (tertiary/aromatic N) is 2. The van der Waals surface area contributed by atoms with Crippen LogP contribution in [0, 0.1) is 5.92 Å². The number of esters is 1. The summed E-state index contributed by atoms with van der Waals surface area (Å²) in [5.74, 6) is -0.0359. The van der Waals surface area contributed by atoms with Crippen LogP contribution >= 0.6 is 22.9 Å². The van der Waals surface area contributed by atoms with Crippen LogP contribution < -0.4 is 0 Å². The van der Waals surface area contributed by atoms with Crippen LogP contribution in [0.2, 0.25) is 5.02 Å². The Labute approximate surface area is 173 Å². The van der Waals surface area contributed by atoms with Crippen molar-refractivity contribution in [1.82, 2.24) is 9.88 Å². The highest BCUT2D eigenvalue weighted by Gasteiger charge is 2.35. The van der Waals surface area contributed by atoms with E-state index in [2.05, 4.69) is 4.98 Å². The average Bonchev–Trinajstić information content (AvgIpc) is 3.22. The van der Waals surface area contributed by atoms with Crippen molar-refractivity contribution in [2.24, 2.45) is 5.92 Å². The molecule has 1 amide bonds. The van der Waals surface area contributed by atoms with Gasteiger partial charge in [0.15, 0.2) is 12.3 Å². The summed E-state index contributed by atoms with van der Waals surface area (Å²) in [5.41, 5.74) is 1.08. The fourth-order valence-corrected chi connectivity index (χ4v) is 5.32. The van der Waals surface area contributed by atoms with Crippen molar-refractivity contribution in [3.63, 3.8) is 0 Å². The van der Waals surface area contributed by atoms with Gasteiger partial charge in [-0.2, -0.15) is 0 Å². The summed E-state index contributed by atoms with van der Waals surface area (Å²) in [5, 5.41) is 2.97. The summed E-state index contributed by atoms with van der Waals surface area (Å²) in [4.78, 5) is 31.3. The molecule has 0 N–H and O–H groups in total. The van der Waals surface area contributed by atoms with Crippen LogP contribution in [-0.4, -0.2) is 41.0 Å². The van der Waals surface area contributed by atoms with E-state index in [0.717, 1.165) is 24.9 Å². The number of aromatic nitrogens is 1. The lowest BCUT2D eigenvalue weighted by atomic mass is 9.78. The molecule has 2 aromatic rings. The molecule has 0 unspecified atom stereocenters. The van der Waals surface area contributed by atoms with E-state index in [1.165, 1.54) is 37.0 Å². The summed E-state index contributed by atoms with van der Waals surface area (Å²) >= 11 is 7.37. The van der Waals surface area contributed by atoms with E-state index in [1.54, 1.807) is 17.5 Å². The van der Waals surface area contributed by atoms with Gasteiger partial charge in [0.05, 0.1) is 0 Å². The van der Waals surface area contributed by atoms with Crippen molar-refractivity contribution in [1.29, 1.82) is 0 Å². The molecule has 4 rings (SSSR count). The second-order valence-electron chi connectivity index (χ2n) is 7.47. The highest BCUT2D eigenvalue weighted by Crippen LogP contribution is 2.35. The average molecular weight is 419 g/mol. The third-order valence-electron chi connectivity index (χ3n) is 5.68. The van der Waals surface area contributed by atoms with Crippen LogP contribution in [-0.2, 0) is 9.53 Å². The van der Waals surface area contributed by atoms with Crippen LogP contribution in [0.5, 0.6) is 0 Å². The van der Waals surface area contributed by atoms with Gasteiger partial charge >= 0.3 is 5.97 Å². The first-order chi connectivity index (χ1) is 13.6. The van der Waals surface area contributed by atoms with E-state index in [4.69, 9.17) is 16.3 Å². The number of carbonyl (C=O) groups excluding carboxylic acids is 2. The Hall–Kier alpha value is -1.92. The minimum absolute atomic E-state index is 0.0877. The van der Waals surface area contributed by atoms with Crippen molar-refractivity contribution in [3.8, 4) is 10.6 Å². The van der Waals surface area contributed by atoms with Gasteiger partial charge in [0.1, 0.15) is 5.01 Å². The number of amides is 1. The fraction of sp³-hybridized carbons (Fsp3) is 0.476. The van der Waals surface area contributed by atoms with Gasteiger partial charge in [0.2, 0.25) is 0 Å². The molecule has 1 aromatic carbocycles. The summed E-state index contributed by atoms with van der Waals surface area (Å²) in [6.45, 7) is 0.555. The molecule has 0 bridgehead atoms. The molecule has 1 aliphatic carbocycles. The SMILES string of the molecule is O=C(OCC(=O)N1CCC[C@H]2CCCC[C@H]21)c1csc(-c2cccc(Cl)c2)n1. The van der Waals surface area contributed by atoms with Crippen LogP contribution in [0.4, 0.5) is 0 Å². The van der Waals surface area contributed by atoms with Gasteiger partial charge in [-0.05, 0) is 43.7 Å². The molecule has 7 heteroatoms. The standard InChI is InChI=1S/C21H23ClN2O3S/c22-16-8-3-6-15(11-16)20-23-17(13-28-20)21(26)27-12-19(25)24-10-4-7-14-5-1-2-9-18(14)24/h3,6,8,11,13-14,18H,1-2,4-5,7,9-10,12H2/t14-,18-/m1/s1. The van der Waals surface area contributed by atoms with Gasteiger partial charge in [-0.3, -0.25) is 4.79 Å². The Balaban J connectivity index is 1.36. The zero-order valence-electron chi connectivity index (χ0n) is 15.6. The Bertz CT molecular complexity index is 867. The topological polar surface area (TPSA) is 59.5 Å². The normalized spacial score (nSPS) is 21.8. The van der Waals surface area contributed by atoms with Gasteiger partial charge in [-0.15, -0.1) is 11.3 Å². The molecule has 5 nitrogen and oxygen atoms in total. The molecular weight excluding hydrogens is 396 g/mol. The minimum atomic E-state index is -0.560. The third-order valence-corrected chi connectivity index (χ3v) is 6.80. The maximum atomic E-state index is 12.7. The maximum Gasteiger partial charge on any atom is 0.358 e. The molecular formula is C21H23ClN2O3S. The largest absolute Gasteiger partial charge is 0.451 e. The monoisotopic (exact) mass is 418 g/mol. The van der Waals surface area contributed by atoms with Crippen molar-refractivity contribution in [2.75, 3.05) is 13.2 Å². The van der Waals surface area contributed by atoms with Crippen LogP contribution in [0.1, 0.15) is 49.0 Å². The number of benzene rings is 1. The van der Waals surface area contributed by atoms with Gasteiger partial charge < -0.3 is 9.64 Å². The molecule has 148 valence electrons. The number of halogens is 1. The van der Waals surface area contributed by atoms with Crippen LogP contribution in [0.3, 0.4) is 0 Å². The van der Waals surface area contributed by atoms with E-state index in [9.17, 15) is 9.59 Å². The first-order valence-corrected chi connectivity index (χ1v) is 11.1. The zero-order chi connectivity index (χ0) is 19.5. The van der Waals surface area contributed by atoms with E-state index >= 15 is 0 Å². The molecule has 0 radical (unpaired) electrons. The molecule has 1 aromatic heterocycles. The van der Waals surface area contributed by atoms with Crippen LogP contribution in [0.25, 0.3) is 10.6 Å². The molecule has 1 saturated heterocycles. The Morgan fingerprint density at radius 1 is 1.21 bits per heavy atom. The molecule has 2 atom stereocenters. The maximum absolute atomic E-state index is 12.7. The summed E-state index contributed by atoms with van der Waals surface area (Å²) in [6, 6.07) is 7.64. The van der Waals surface area contributed by atoms with Crippen molar-refractivity contribution < 1.29 is 14.3 Å².